The van der Waals surface area contributed by atoms with Crippen LogP contribution in [0.15, 0.2) is 76.3 Å². The number of para-hydroxylation sites is 1. The van der Waals surface area contributed by atoms with Crippen molar-refractivity contribution in [2.24, 2.45) is 22.2 Å². The number of hydrogen-bond donors (Lipinski definition) is 3. The minimum absolute atomic E-state index is 0.198. The lowest BCUT2D eigenvalue weighted by Gasteiger charge is -2.53. The van der Waals surface area contributed by atoms with Gasteiger partial charge in [0.25, 0.3) is 0 Å². The van der Waals surface area contributed by atoms with Gasteiger partial charge in [0.15, 0.2) is 16.6 Å². The van der Waals surface area contributed by atoms with Crippen LogP contribution in [-0.2, 0) is 0 Å². The van der Waals surface area contributed by atoms with E-state index in [9.17, 15) is 5.11 Å². The number of allylic oxidation sites excluding steroid dienone is 4. The van der Waals surface area contributed by atoms with Crippen LogP contribution in [0.25, 0.3) is 0 Å². The van der Waals surface area contributed by atoms with Crippen LogP contribution >= 0.6 is 12.2 Å². The molecule has 5 aliphatic rings. The van der Waals surface area contributed by atoms with E-state index in [2.05, 4.69) is 47.6 Å². The van der Waals surface area contributed by atoms with E-state index in [4.69, 9.17) is 26.7 Å². The van der Waals surface area contributed by atoms with Gasteiger partial charge < -0.3 is 25.2 Å². The standard InChI is InChI=1S/C36H39N3O3S/c1-3-16-36(40)17-15-30-28-12-9-23-18-26(37-21-38-34(43)39-25-7-5-4-6-8-25)11-13-27(23)33(28)29(20-35(30,36)2)24-10-14-31-32(19-24)42-22-41-31/h4-8,10,14,18-19,28-30,40H,9,11-13,15,17,20-22H2,1-2H3,(H2,38,39,43)/t28-,29+,30?,35-,36-/m0/s1. The van der Waals surface area contributed by atoms with Crippen LogP contribution in [0.1, 0.15) is 70.3 Å². The zero-order valence-electron chi connectivity index (χ0n) is 24.9. The number of ether oxygens (including phenoxy) is 2. The highest BCUT2D eigenvalue weighted by atomic mass is 32.1. The number of aliphatic hydroxyl groups is 1. The van der Waals surface area contributed by atoms with E-state index in [1.807, 2.05) is 43.3 Å². The van der Waals surface area contributed by atoms with Crippen LogP contribution in [0.5, 0.6) is 11.5 Å². The normalized spacial score (nSPS) is 31.3. The van der Waals surface area contributed by atoms with E-state index >= 15 is 0 Å². The van der Waals surface area contributed by atoms with Crippen molar-refractivity contribution in [3.63, 3.8) is 0 Å². The Bertz CT molecular complexity index is 1600. The molecule has 2 aromatic rings. The van der Waals surface area contributed by atoms with Crippen LogP contribution in [0, 0.1) is 29.1 Å². The second-order valence-corrected chi connectivity index (χ2v) is 13.1. The maximum Gasteiger partial charge on any atom is 0.231 e. The zero-order chi connectivity index (χ0) is 29.6. The van der Waals surface area contributed by atoms with Gasteiger partial charge in [-0.1, -0.05) is 42.7 Å². The Hall–Kier alpha value is -3.60. The van der Waals surface area contributed by atoms with Gasteiger partial charge >= 0.3 is 0 Å². The maximum atomic E-state index is 11.9. The lowest BCUT2D eigenvalue weighted by molar-refractivity contribution is -0.0513. The molecule has 0 radical (unpaired) electrons. The average Bonchev–Trinajstić information content (AvgIpc) is 3.58. The molecule has 5 atom stereocenters. The van der Waals surface area contributed by atoms with Gasteiger partial charge in [-0.2, -0.15) is 0 Å². The van der Waals surface area contributed by atoms with Crippen LogP contribution in [-0.4, -0.2) is 35.0 Å². The summed E-state index contributed by atoms with van der Waals surface area (Å²) in [6.45, 7) is 4.87. The number of thiocarbonyl (C=S) groups is 1. The first-order chi connectivity index (χ1) is 20.9. The van der Waals surface area contributed by atoms with Gasteiger partial charge in [0.2, 0.25) is 6.79 Å². The van der Waals surface area contributed by atoms with Crippen molar-refractivity contribution in [1.82, 2.24) is 5.32 Å². The molecule has 1 unspecified atom stereocenters. The molecule has 2 saturated carbocycles. The number of aliphatic imine (C=N–C) groups is 1. The van der Waals surface area contributed by atoms with Crippen molar-refractivity contribution >= 4 is 28.7 Å². The summed E-state index contributed by atoms with van der Waals surface area (Å²) in [6, 6.07) is 16.4. The second kappa shape index (κ2) is 11.2. The summed E-state index contributed by atoms with van der Waals surface area (Å²) >= 11 is 5.47. The fourth-order valence-corrected chi connectivity index (χ4v) is 8.73. The third kappa shape index (κ3) is 4.95. The largest absolute Gasteiger partial charge is 0.454 e. The molecule has 1 aliphatic heterocycles. The SMILES string of the molecule is CC#C[C@]1(O)CCC2[C@@H]3CCC4=CC(=NCNC(=S)Nc5ccccc5)CCC4=C3[C@@H](c3ccc4c(c3)OCO4)C[C@@]21C. The van der Waals surface area contributed by atoms with Gasteiger partial charge in [0.1, 0.15) is 12.3 Å². The summed E-state index contributed by atoms with van der Waals surface area (Å²) < 4.78 is 11.5. The summed E-state index contributed by atoms with van der Waals surface area (Å²) in [7, 11) is 0. The summed E-state index contributed by atoms with van der Waals surface area (Å²) in [4.78, 5) is 4.88. The Morgan fingerprint density at radius 2 is 1.93 bits per heavy atom. The Kier molecular flexibility index (Phi) is 7.31. The van der Waals surface area contributed by atoms with Crippen LogP contribution in [0.4, 0.5) is 5.69 Å². The van der Waals surface area contributed by atoms with Gasteiger partial charge in [0.05, 0.1) is 0 Å². The molecule has 0 saturated heterocycles. The number of rotatable bonds is 4. The summed E-state index contributed by atoms with van der Waals surface area (Å²) in [5.74, 6) is 9.02. The molecule has 7 heteroatoms. The molecule has 1 heterocycles. The highest BCUT2D eigenvalue weighted by Gasteiger charge is 2.62. The number of nitrogens with zero attached hydrogens (tertiary/aromatic N) is 1. The van der Waals surface area contributed by atoms with E-state index in [0.717, 1.165) is 67.8 Å². The van der Waals surface area contributed by atoms with Crippen molar-refractivity contribution in [3.8, 4) is 23.3 Å². The van der Waals surface area contributed by atoms with Crippen molar-refractivity contribution in [3.05, 3.63) is 76.9 Å². The molecule has 43 heavy (non-hydrogen) atoms. The Labute approximate surface area is 259 Å². The summed E-state index contributed by atoms with van der Waals surface area (Å²) in [5, 5.41) is 19.0. The first kappa shape index (κ1) is 28.2. The van der Waals surface area contributed by atoms with Crippen LogP contribution in [0.3, 0.4) is 0 Å². The lowest BCUT2D eigenvalue weighted by Crippen LogP contribution is -2.51. The lowest BCUT2D eigenvalue weighted by atomic mass is 9.51. The molecule has 2 fully saturated rings. The highest BCUT2D eigenvalue weighted by molar-refractivity contribution is 7.80. The Balaban J connectivity index is 1.19. The molecule has 4 aliphatic carbocycles. The van der Waals surface area contributed by atoms with Gasteiger partial charge in [0, 0.05) is 22.7 Å². The molecular weight excluding hydrogens is 554 g/mol. The molecule has 0 bridgehead atoms. The van der Waals surface area contributed by atoms with E-state index in [1.165, 1.54) is 16.7 Å². The third-order valence-corrected chi connectivity index (χ3v) is 10.8. The molecule has 0 aromatic heterocycles. The molecule has 0 spiro atoms. The molecular formula is C36H39N3O3S. The molecule has 222 valence electrons. The second-order valence-electron chi connectivity index (χ2n) is 12.7. The molecule has 0 amide bonds. The number of nitrogens with one attached hydrogen (secondary N) is 2. The number of hydrogen-bond acceptors (Lipinski definition) is 5. The highest BCUT2D eigenvalue weighted by Crippen LogP contribution is 2.66. The molecule has 2 aromatic carbocycles. The van der Waals surface area contributed by atoms with Crippen LogP contribution < -0.4 is 20.1 Å². The van der Waals surface area contributed by atoms with Gasteiger partial charge in [-0.3, -0.25) is 4.99 Å². The Morgan fingerprint density at radius 3 is 2.77 bits per heavy atom. The van der Waals surface area contributed by atoms with Gasteiger partial charge in [-0.25, -0.2) is 0 Å². The van der Waals surface area contributed by atoms with Crippen molar-refractivity contribution in [1.29, 1.82) is 0 Å². The topological polar surface area (TPSA) is 75.1 Å². The van der Waals surface area contributed by atoms with Gasteiger partial charge in [-0.15, -0.1) is 5.92 Å². The molecule has 3 N–H and O–H groups in total. The monoisotopic (exact) mass is 593 g/mol. The summed E-state index contributed by atoms with van der Waals surface area (Å²) in [5.41, 5.74) is 6.64. The predicted octanol–water partition coefficient (Wildman–Crippen LogP) is 6.89. The first-order valence-corrected chi connectivity index (χ1v) is 15.9. The van der Waals surface area contributed by atoms with E-state index in [-0.39, 0.29) is 18.1 Å². The number of fused-ring (bicyclic) bond motifs is 5. The predicted molar refractivity (Wildman–Crippen MR) is 174 cm³/mol. The van der Waals surface area contributed by atoms with Crippen molar-refractivity contribution in [2.45, 2.75) is 70.3 Å². The summed E-state index contributed by atoms with van der Waals surface area (Å²) in [6.07, 6.45) is 9.02. The fraction of sp³-hybridized carbons (Fsp3) is 0.444. The average molecular weight is 594 g/mol. The van der Waals surface area contributed by atoms with Gasteiger partial charge in [-0.05, 0) is 123 Å². The minimum atomic E-state index is -0.956. The maximum absolute atomic E-state index is 11.9. The van der Waals surface area contributed by atoms with Crippen molar-refractivity contribution in [2.75, 3.05) is 18.8 Å². The fourth-order valence-electron chi connectivity index (χ4n) is 8.55. The van der Waals surface area contributed by atoms with E-state index in [0.29, 0.717) is 23.6 Å². The first-order valence-electron chi connectivity index (χ1n) is 15.5. The van der Waals surface area contributed by atoms with E-state index < -0.39 is 5.60 Å². The quantitative estimate of drug-likeness (QED) is 0.265. The minimum Gasteiger partial charge on any atom is -0.454 e. The van der Waals surface area contributed by atoms with Crippen molar-refractivity contribution < 1.29 is 14.6 Å². The van der Waals surface area contributed by atoms with Crippen LogP contribution in [0.2, 0.25) is 0 Å². The number of benzene rings is 2. The zero-order valence-corrected chi connectivity index (χ0v) is 25.7. The third-order valence-electron chi connectivity index (χ3n) is 10.6. The smallest absolute Gasteiger partial charge is 0.231 e. The molecule has 6 nitrogen and oxygen atoms in total. The number of anilines is 1. The molecule has 7 rings (SSSR count). The Morgan fingerprint density at radius 1 is 1.09 bits per heavy atom. The van der Waals surface area contributed by atoms with E-state index in [1.54, 1.807) is 5.57 Å².